The van der Waals surface area contributed by atoms with Crippen molar-refractivity contribution < 1.29 is 0 Å². The van der Waals surface area contributed by atoms with Gasteiger partial charge in [-0.25, -0.2) is 0 Å². The Morgan fingerprint density at radius 1 is 1.14 bits per heavy atom. The van der Waals surface area contributed by atoms with Gasteiger partial charge in [-0.2, -0.15) is 0 Å². The zero-order chi connectivity index (χ0) is 9.97. The number of thiophene rings is 1. The first-order chi connectivity index (χ1) is 6.79. The predicted molar refractivity (Wildman–Crippen MR) is 61.5 cm³/mol. The summed E-state index contributed by atoms with van der Waals surface area (Å²) in [6, 6.07) is 12.3. The standard InChI is InChI=1S/C12H13NS/c1-9-7-8-14-12(9)11(13)10-5-3-2-4-6-10/h2-8,11H,13H2,1H3. The lowest BCUT2D eigenvalue weighted by atomic mass is 10.0. The highest BCUT2D eigenvalue weighted by Crippen LogP contribution is 2.26. The lowest BCUT2D eigenvalue weighted by Crippen LogP contribution is -2.10. The second-order valence-electron chi connectivity index (χ2n) is 3.36. The molecular weight excluding hydrogens is 190 g/mol. The molecule has 1 unspecified atom stereocenters. The fourth-order valence-corrected chi connectivity index (χ4v) is 2.47. The summed E-state index contributed by atoms with van der Waals surface area (Å²) in [5, 5.41) is 2.09. The normalized spacial score (nSPS) is 12.7. The second kappa shape index (κ2) is 3.95. The van der Waals surface area contributed by atoms with Crippen LogP contribution in [0.15, 0.2) is 41.8 Å². The van der Waals surface area contributed by atoms with Crippen molar-refractivity contribution in [2.75, 3.05) is 0 Å². The highest BCUT2D eigenvalue weighted by atomic mass is 32.1. The molecule has 2 aromatic rings. The van der Waals surface area contributed by atoms with Gasteiger partial charge in [0.25, 0.3) is 0 Å². The Labute approximate surface area is 88.2 Å². The molecule has 0 bridgehead atoms. The van der Waals surface area contributed by atoms with Gasteiger partial charge in [-0.05, 0) is 29.5 Å². The van der Waals surface area contributed by atoms with Crippen LogP contribution in [0.2, 0.25) is 0 Å². The molecule has 0 spiro atoms. The quantitative estimate of drug-likeness (QED) is 0.797. The van der Waals surface area contributed by atoms with E-state index >= 15 is 0 Å². The van der Waals surface area contributed by atoms with Crippen molar-refractivity contribution in [3.05, 3.63) is 57.8 Å². The molecule has 2 heteroatoms. The fraction of sp³-hybridized carbons (Fsp3) is 0.167. The van der Waals surface area contributed by atoms with Gasteiger partial charge in [0.15, 0.2) is 0 Å². The van der Waals surface area contributed by atoms with Crippen molar-refractivity contribution in [2.24, 2.45) is 5.73 Å². The lowest BCUT2D eigenvalue weighted by molar-refractivity contribution is 0.885. The molecule has 0 saturated carbocycles. The van der Waals surface area contributed by atoms with Gasteiger partial charge < -0.3 is 5.73 Å². The Hall–Kier alpha value is -1.12. The monoisotopic (exact) mass is 203 g/mol. The third kappa shape index (κ3) is 1.72. The summed E-state index contributed by atoms with van der Waals surface area (Å²) in [5.74, 6) is 0. The second-order valence-corrected chi connectivity index (χ2v) is 4.30. The number of hydrogen-bond acceptors (Lipinski definition) is 2. The topological polar surface area (TPSA) is 26.0 Å². The largest absolute Gasteiger partial charge is 0.320 e. The third-order valence-electron chi connectivity index (χ3n) is 2.34. The Bertz CT molecular complexity index is 405. The molecule has 14 heavy (non-hydrogen) atoms. The number of nitrogens with two attached hydrogens (primary N) is 1. The van der Waals surface area contributed by atoms with Gasteiger partial charge in [-0.3, -0.25) is 0 Å². The molecule has 2 rings (SSSR count). The van der Waals surface area contributed by atoms with E-state index in [1.807, 2.05) is 18.2 Å². The first-order valence-corrected chi connectivity index (χ1v) is 5.51. The van der Waals surface area contributed by atoms with Crippen molar-refractivity contribution in [1.29, 1.82) is 0 Å². The van der Waals surface area contributed by atoms with E-state index in [1.54, 1.807) is 11.3 Å². The Kier molecular flexibility index (Phi) is 2.66. The molecule has 0 aliphatic rings. The van der Waals surface area contributed by atoms with Crippen LogP contribution in [0.5, 0.6) is 0 Å². The van der Waals surface area contributed by atoms with Crippen LogP contribution in [-0.4, -0.2) is 0 Å². The molecule has 72 valence electrons. The maximum absolute atomic E-state index is 6.17. The van der Waals surface area contributed by atoms with Crippen LogP contribution in [0.25, 0.3) is 0 Å². The van der Waals surface area contributed by atoms with E-state index in [2.05, 4.69) is 30.5 Å². The fourth-order valence-electron chi connectivity index (χ4n) is 1.51. The summed E-state index contributed by atoms with van der Waals surface area (Å²) in [5.41, 5.74) is 8.63. The first-order valence-electron chi connectivity index (χ1n) is 4.63. The van der Waals surface area contributed by atoms with E-state index in [-0.39, 0.29) is 6.04 Å². The number of benzene rings is 1. The zero-order valence-electron chi connectivity index (χ0n) is 8.10. The molecule has 1 aromatic carbocycles. The SMILES string of the molecule is Cc1ccsc1C(N)c1ccccc1. The molecule has 0 radical (unpaired) electrons. The minimum Gasteiger partial charge on any atom is -0.320 e. The molecule has 0 amide bonds. The van der Waals surface area contributed by atoms with Crippen LogP contribution in [0.1, 0.15) is 22.0 Å². The van der Waals surface area contributed by atoms with Gasteiger partial charge in [0.05, 0.1) is 6.04 Å². The summed E-state index contributed by atoms with van der Waals surface area (Å²) in [6.07, 6.45) is 0. The van der Waals surface area contributed by atoms with Crippen molar-refractivity contribution in [2.45, 2.75) is 13.0 Å². The Morgan fingerprint density at radius 3 is 2.43 bits per heavy atom. The zero-order valence-corrected chi connectivity index (χ0v) is 8.92. The maximum Gasteiger partial charge on any atom is 0.0648 e. The van der Waals surface area contributed by atoms with Gasteiger partial charge in [0, 0.05) is 4.88 Å². The minimum atomic E-state index is 0.0243. The number of aryl methyl sites for hydroxylation is 1. The van der Waals surface area contributed by atoms with Crippen LogP contribution in [0.4, 0.5) is 0 Å². The molecule has 0 aliphatic carbocycles. The maximum atomic E-state index is 6.17. The van der Waals surface area contributed by atoms with Gasteiger partial charge in [-0.15, -0.1) is 11.3 Å². The van der Waals surface area contributed by atoms with E-state index in [0.29, 0.717) is 0 Å². The highest BCUT2D eigenvalue weighted by molar-refractivity contribution is 7.10. The van der Waals surface area contributed by atoms with Gasteiger partial charge in [0.1, 0.15) is 0 Å². The summed E-state index contributed by atoms with van der Waals surface area (Å²) in [7, 11) is 0. The minimum absolute atomic E-state index is 0.0243. The average molecular weight is 203 g/mol. The van der Waals surface area contributed by atoms with E-state index in [4.69, 9.17) is 5.73 Å². The van der Waals surface area contributed by atoms with E-state index in [9.17, 15) is 0 Å². The van der Waals surface area contributed by atoms with E-state index < -0.39 is 0 Å². The molecule has 1 aromatic heterocycles. The summed E-state index contributed by atoms with van der Waals surface area (Å²) < 4.78 is 0. The van der Waals surface area contributed by atoms with Crippen molar-refractivity contribution in [3.63, 3.8) is 0 Å². The van der Waals surface area contributed by atoms with E-state index in [0.717, 1.165) is 0 Å². The van der Waals surface area contributed by atoms with Crippen molar-refractivity contribution in [1.82, 2.24) is 0 Å². The molecule has 1 nitrogen and oxygen atoms in total. The first kappa shape index (κ1) is 9.44. The van der Waals surface area contributed by atoms with Crippen LogP contribution >= 0.6 is 11.3 Å². The van der Waals surface area contributed by atoms with Gasteiger partial charge >= 0.3 is 0 Å². The molecule has 1 atom stereocenters. The van der Waals surface area contributed by atoms with Crippen molar-refractivity contribution in [3.8, 4) is 0 Å². The third-order valence-corrected chi connectivity index (χ3v) is 3.44. The van der Waals surface area contributed by atoms with Crippen LogP contribution in [0.3, 0.4) is 0 Å². The summed E-state index contributed by atoms with van der Waals surface area (Å²) in [6.45, 7) is 2.11. The lowest BCUT2D eigenvalue weighted by Gasteiger charge is -2.10. The molecule has 0 fully saturated rings. The highest BCUT2D eigenvalue weighted by Gasteiger charge is 2.11. The number of rotatable bonds is 2. The smallest absolute Gasteiger partial charge is 0.0648 e. The molecule has 2 N–H and O–H groups in total. The molecule has 1 heterocycles. The van der Waals surface area contributed by atoms with E-state index in [1.165, 1.54) is 16.0 Å². The number of hydrogen-bond donors (Lipinski definition) is 1. The average Bonchev–Trinajstić information content (AvgIpc) is 2.65. The Balaban J connectivity index is 2.34. The van der Waals surface area contributed by atoms with Crippen molar-refractivity contribution >= 4 is 11.3 Å². The predicted octanol–water partition coefficient (Wildman–Crippen LogP) is 3.10. The molecule has 0 aliphatic heterocycles. The summed E-state index contributed by atoms with van der Waals surface area (Å²) in [4.78, 5) is 1.26. The summed E-state index contributed by atoms with van der Waals surface area (Å²) >= 11 is 1.73. The van der Waals surface area contributed by atoms with Crippen LogP contribution < -0.4 is 5.73 Å². The van der Waals surface area contributed by atoms with Gasteiger partial charge in [-0.1, -0.05) is 30.3 Å². The molecular formula is C12H13NS. The van der Waals surface area contributed by atoms with Gasteiger partial charge in [0.2, 0.25) is 0 Å². The van der Waals surface area contributed by atoms with Crippen LogP contribution in [0, 0.1) is 6.92 Å². The Morgan fingerprint density at radius 2 is 1.86 bits per heavy atom. The molecule has 0 saturated heterocycles. The van der Waals surface area contributed by atoms with Crippen LogP contribution in [-0.2, 0) is 0 Å².